The number of aldehydes is 1. The molecule has 7 heteroatoms. The molecule has 1 heterocycles. The van der Waals surface area contributed by atoms with Crippen molar-refractivity contribution >= 4 is 17.9 Å². The second-order valence-electron chi connectivity index (χ2n) is 4.64. The van der Waals surface area contributed by atoms with Crippen molar-refractivity contribution in [1.82, 2.24) is 10.1 Å². The molecule has 1 aromatic carbocycles. The maximum absolute atomic E-state index is 10.8. The summed E-state index contributed by atoms with van der Waals surface area (Å²) in [5, 5.41) is 4.10. The van der Waals surface area contributed by atoms with E-state index in [1.54, 1.807) is 6.07 Å². The summed E-state index contributed by atoms with van der Waals surface area (Å²) in [7, 11) is 1.47. The van der Waals surface area contributed by atoms with Crippen LogP contribution in [0.25, 0.3) is 0 Å². The molecular formula is C14H15ClN2O4. The van der Waals surface area contributed by atoms with Crippen molar-refractivity contribution in [2.24, 2.45) is 0 Å². The van der Waals surface area contributed by atoms with Crippen LogP contribution < -0.4 is 9.47 Å². The van der Waals surface area contributed by atoms with Gasteiger partial charge in [-0.3, -0.25) is 4.79 Å². The summed E-state index contributed by atoms with van der Waals surface area (Å²) in [4.78, 5) is 15.0. The molecule has 0 spiro atoms. The molecule has 0 saturated heterocycles. The number of hydrogen-bond acceptors (Lipinski definition) is 6. The lowest BCUT2D eigenvalue weighted by Gasteiger charge is -2.11. The van der Waals surface area contributed by atoms with Crippen LogP contribution in [0.3, 0.4) is 0 Å². The first-order chi connectivity index (χ1) is 10.0. The van der Waals surface area contributed by atoms with Crippen LogP contribution in [-0.2, 0) is 6.61 Å². The molecule has 0 aliphatic carbocycles. The molecule has 21 heavy (non-hydrogen) atoms. The molecule has 0 unspecified atom stereocenters. The van der Waals surface area contributed by atoms with Crippen molar-refractivity contribution in [2.45, 2.75) is 26.4 Å². The third-order valence-corrected chi connectivity index (χ3v) is 2.99. The number of hydrogen-bond donors (Lipinski definition) is 0. The minimum absolute atomic E-state index is 0.0900. The molecule has 112 valence electrons. The first-order valence-electron chi connectivity index (χ1n) is 6.33. The van der Waals surface area contributed by atoms with E-state index in [0.29, 0.717) is 35.1 Å². The van der Waals surface area contributed by atoms with Gasteiger partial charge < -0.3 is 14.0 Å². The number of ether oxygens (including phenoxy) is 2. The molecular weight excluding hydrogens is 296 g/mol. The largest absolute Gasteiger partial charge is 0.493 e. The monoisotopic (exact) mass is 310 g/mol. The topological polar surface area (TPSA) is 74.5 Å². The fourth-order valence-corrected chi connectivity index (χ4v) is 1.92. The van der Waals surface area contributed by atoms with Gasteiger partial charge >= 0.3 is 0 Å². The molecule has 0 amide bonds. The van der Waals surface area contributed by atoms with Crippen molar-refractivity contribution in [2.75, 3.05) is 7.11 Å². The second-order valence-corrected chi connectivity index (χ2v) is 5.05. The van der Waals surface area contributed by atoms with E-state index in [-0.39, 0.29) is 17.5 Å². The highest BCUT2D eigenvalue weighted by atomic mass is 35.5. The molecule has 0 aliphatic heterocycles. The van der Waals surface area contributed by atoms with Crippen LogP contribution in [0.4, 0.5) is 0 Å². The molecule has 0 aliphatic rings. The molecule has 0 fully saturated rings. The molecule has 0 radical (unpaired) electrons. The van der Waals surface area contributed by atoms with Crippen molar-refractivity contribution in [3.05, 3.63) is 34.4 Å². The van der Waals surface area contributed by atoms with Gasteiger partial charge in [-0.25, -0.2) is 0 Å². The van der Waals surface area contributed by atoms with Gasteiger partial charge in [0.05, 0.1) is 12.1 Å². The number of carbonyl (C=O) groups excluding carboxylic acids is 1. The Bertz CT molecular complexity index is 640. The lowest BCUT2D eigenvalue weighted by atomic mass is 10.2. The van der Waals surface area contributed by atoms with E-state index >= 15 is 0 Å². The van der Waals surface area contributed by atoms with Gasteiger partial charge in [0.1, 0.15) is 6.29 Å². The molecule has 0 bridgehead atoms. The van der Waals surface area contributed by atoms with E-state index in [2.05, 4.69) is 10.1 Å². The van der Waals surface area contributed by atoms with Crippen LogP contribution in [0.15, 0.2) is 16.7 Å². The Balaban J connectivity index is 2.17. The third kappa shape index (κ3) is 3.52. The van der Waals surface area contributed by atoms with Crippen LogP contribution in [0.1, 0.15) is 41.8 Å². The van der Waals surface area contributed by atoms with E-state index in [4.69, 9.17) is 25.6 Å². The zero-order valence-electron chi connectivity index (χ0n) is 11.9. The first-order valence-corrected chi connectivity index (χ1v) is 6.71. The summed E-state index contributed by atoms with van der Waals surface area (Å²) in [6, 6.07) is 3.05. The first kappa shape index (κ1) is 15.3. The quantitative estimate of drug-likeness (QED) is 0.762. The number of halogens is 1. The fraction of sp³-hybridized carbons (Fsp3) is 0.357. The maximum Gasteiger partial charge on any atom is 0.229 e. The Morgan fingerprint density at radius 1 is 1.43 bits per heavy atom. The second kappa shape index (κ2) is 6.58. The van der Waals surface area contributed by atoms with Gasteiger partial charge in [-0.1, -0.05) is 30.6 Å². The maximum atomic E-state index is 10.8. The molecule has 0 N–H and O–H groups in total. The van der Waals surface area contributed by atoms with Crippen molar-refractivity contribution < 1.29 is 18.8 Å². The van der Waals surface area contributed by atoms with Gasteiger partial charge in [0.25, 0.3) is 0 Å². The Hall–Kier alpha value is -2.08. The molecule has 1 aromatic heterocycles. The average Bonchev–Trinajstić information content (AvgIpc) is 2.94. The predicted octanol–water partition coefficient (Wildman–Crippen LogP) is 3.25. The highest BCUT2D eigenvalue weighted by molar-refractivity contribution is 6.32. The number of benzene rings is 1. The lowest BCUT2D eigenvalue weighted by Crippen LogP contribution is -2.01. The van der Waals surface area contributed by atoms with Gasteiger partial charge in [0.2, 0.25) is 11.7 Å². The Morgan fingerprint density at radius 2 is 2.19 bits per heavy atom. The summed E-state index contributed by atoms with van der Waals surface area (Å²) in [5.74, 6) is 1.81. The lowest BCUT2D eigenvalue weighted by molar-refractivity contribution is 0.112. The third-order valence-electron chi connectivity index (χ3n) is 2.71. The van der Waals surface area contributed by atoms with E-state index in [9.17, 15) is 4.79 Å². The van der Waals surface area contributed by atoms with Crippen LogP contribution in [0.2, 0.25) is 5.02 Å². The van der Waals surface area contributed by atoms with E-state index < -0.39 is 0 Å². The minimum Gasteiger partial charge on any atom is -0.493 e. The Morgan fingerprint density at radius 3 is 2.76 bits per heavy atom. The summed E-state index contributed by atoms with van der Waals surface area (Å²) >= 11 is 6.09. The summed E-state index contributed by atoms with van der Waals surface area (Å²) in [5.41, 5.74) is 0.408. The number of aromatic nitrogens is 2. The summed E-state index contributed by atoms with van der Waals surface area (Å²) in [6.07, 6.45) is 0.687. The summed E-state index contributed by atoms with van der Waals surface area (Å²) in [6.45, 7) is 4.00. The molecule has 0 saturated carbocycles. The standard InChI is InChI=1S/C14H15ClN2O4/c1-8(2)14-16-12(17-21-14)7-20-13-10(15)4-9(6-18)5-11(13)19-3/h4-6,8H,7H2,1-3H3. The zero-order chi connectivity index (χ0) is 15.4. The van der Waals surface area contributed by atoms with Gasteiger partial charge in [-0.05, 0) is 12.1 Å². The van der Waals surface area contributed by atoms with Crippen LogP contribution in [0.5, 0.6) is 11.5 Å². The minimum atomic E-state index is 0.0900. The van der Waals surface area contributed by atoms with Crippen molar-refractivity contribution in [3.63, 3.8) is 0 Å². The van der Waals surface area contributed by atoms with Gasteiger partial charge in [0, 0.05) is 11.5 Å². The van der Waals surface area contributed by atoms with Crippen LogP contribution in [-0.4, -0.2) is 23.5 Å². The van der Waals surface area contributed by atoms with Crippen LogP contribution >= 0.6 is 11.6 Å². The smallest absolute Gasteiger partial charge is 0.229 e. The highest BCUT2D eigenvalue weighted by Gasteiger charge is 2.15. The Labute approximate surface area is 127 Å². The number of methoxy groups -OCH3 is 1. The van der Waals surface area contributed by atoms with Gasteiger partial charge in [-0.15, -0.1) is 0 Å². The van der Waals surface area contributed by atoms with Gasteiger partial charge in [-0.2, -0.15) is 4.98 Å². The molecule has 2 rings (SSSR count). The molecule has 6 nitrogen and oxygen atoms in total. The van der Waals surface area contributed by atoms with E-state index in [1.807, 2.05) is 13.8 Å². The molecule has 2 aromatic rings. The SMILES string of the molecule is COc1cc(C=O)cc(Cl)c1OCc1noc(C(C)C)n1. The average molecular weight is 311 g/mol. The van der Waals surface area contributed by atoms with Crippen molar-refractivity contribution in [3.8, 4) is 11.5 Å². The number of carbonyl (C=O) groups is 1. The Kier molecular flexibility index (Phi) is 4.80. The van der Waals surface area contributed by atoms with E-state index in [0.717, 1.165) is 0 Å². The van der Waals surface area contributed by atoms with Gasteiger partial charge in [0.15, 0.2) is 18.1 Å². The zero-order valence-corrected chi connectivity index (χ0v) is 12.7. The number of rotatable bonds is 6. The summed E-state index contributed by atoms with van der Waals surface area (Å²) < 4.78 is 15.8. The predicted molar refractivity (Wildman–Crippen MR) is 76.1 cm³/mol. The molecule has 0 atom stereocenters. The highest BCUT2D eigenvalue weighted by Crippen LogP contribution is 2.36. The normalized spacial score (nSPS) is 10.7. The van der Waals surface area contributed by atoms with Crippen molar-refractivity contribution in [1.29, 1.82) is 0 Å². The fourth-order valence-electron chi connectivity index (χ4n) is 1.65. The van der Waals surface area contributed by atoms with Crippen LogP contribution in [0, 0.1) is 0 Å². The number of nitrogens with zero attached hydrogens (tertiary/aromatic N) is 2. The van der Waals surface area contributed by atoms with E-state index in [1.165, 1.54) is 13.2 Å².